The summed E-state index contributed by atoms with van der Waals surface area (Å²) in [7, 11) is 0. The van der Waals surface area contributed by atoms with Gasteiger partial charge in [0.05, 0.1) is 0 Å². The second-order valence-electron chi connectivity index (χ2n) is 2.64. The van der Waals surface area contributed by atoms with E-state index in [9.17, 15) is 0 Å². The van der Waals surface area contributed by atoms with Crippen molar-refractivity contribution in [3.63, 3.8) is 0 Å². The zero-order valence-electron chi connectivity index (χ0n) is 8.29. The summed E-state index contributed by atoms with van der Waals surface area (Å²) in [6, 6.07) is 10.2. The van der Waals surface area contributed by atoms with E-state index in [1.165, 1.54) is 4.90 Å². The molecule has 0 fully saturated rings. The molecule has 0 nitrogen and oxygen atoms in total. The van der Waals surface area contributed by atoms with E-state index in [1.54, 1.807) is 11.8 Å². The fourth-order valence-corrected chi connectivity index (χ4v) is 1.34. The Morgan fingerprint density at radius 1 is 1.23 bits per heavy atom. The Bertz CT molecular complexity index is 293. The van der Waals surface area contributed by atoms with Crippen LogP contribution in [0, 0.1) is 5.41 Å². The molecule has 1 aromatic rings. The van der Waals surface area contributed by atoms with Gasteiger partial charge in [-0.25, -0.2) is 11.8 Å². The molecule has 0 aromatic heterocycles. The van der Waals surface area contributed by atoms with Crippen LogP contribution in [0.25, 0.3) is 0 Å². The van der Waals surface area contributed by atoms with Gasteiger partial charge in [-0.15, -0.1) is 13.8 Å². The molecule has 0 unspecified atom stereocenters. The maximum atomic E-state index is 3.03. The van der Waals surface area contributed by atoms with E-state index >= 15 is 0 Å². The number of benzene rings is 1. The fraction of sp³-hybridized carbons (Fsp3) is 0.182. The Balaban J connectivity index is 0.00000144. The van der Waals surface area contributed by atoms with Crippen LogP contribution in [-0.4, -0.2) is 0 Å². The van der Waals surface area contributed by atoms with Gasteiger partial charge >= 0.3 is 18.9 Å². The van der Waals surface area contributed by atoms with Gasteiger partial charge in [-0.05, 0) is 17.0 Å². The molecule has 2 heteroatoms. The average molecular weight is 182 g/mol. The average Bonchev–Trinajstić information content (AvgIpc) is 2.05. The van der Waals surface area contributed by atoms with Gasteiger partial charge in [-0.2, -0.15) is 11.0 Å². The van der Waals surface area contributed by atoms with Gasteiger partial charge in [0.1, 0.15) is 0 Å². The second-order valence-corrected chi connectivity index (χ2v) is 3.52. The summed E-state index contributed by atoms with van der Waals surface area (Å²) in [5.74, 6) is 0. The Hall–Kier alpha value is -0.313. The van der Waals surface area contributed by atoms with Crippen LogP contribution in [0.1, 0.15) is 13.8 Å². The van der Waals surface area contributed by atoms with Gasteiger partial charge in [0.25, 0.3) is 0 Å². The van der Waals surface area contributed by atoms with E-state index in [-0.39, 0.29) is 18.9 Å². The molecule has 13 heavy (non-hydrogen) atoms. The summed E-state index contributed by atoms with van der Waals surface area (Å²) in [5, 5.41) is 3.03. The van der Waals surface area contributed by atoms with E-state index in [2.05, 4.69) is 23.3 Å². The van der Waals surface area contributed by atoms with E-state index in [1.807, 2.05) is 32.0 Å². The fourth-order valence-electron chi connectivity index (χ4n) is 0.675. The number of hydrogen-bond donors (Lipinski definition) is 0. The van der Waals surface area contributed by atoms with Crippen LogP contribution in [0.5, 0.6) is 0 Å². The minimum Gasteiger partial charge on any atom is -0.321 e. The maximum Gasteiger partial charge on any atom is 1.00 e. The molecule has 0 aliphatic rings. The van der Waals surface area contributed by atoms with Crippen molar-refractivity contribution < 1.29 is 18.9 Å². The SMILES string of the molecule is CC(C)=C=[C-]Sc1ccccc1.[Li+]. The molecule has 0 saturated heterocycles. The smallest absolute Gasteiger partial charge is 0.321 e. The van der Waals surface area contributed by atoms with Gasteiger partial charge in [0, 0.05) is 0 Å². The van der Waals surface area contributed by atoms with Gasteiger partial charge in [0.2, 0.25) is 0 Å². The Morgan fingerprint density at radius 2 is 1.85 bits per heavy atom. The van der Waals surface area contributed by atoms with E-state index in [0.29, 0.717) is 0 Å². The molecule has 1 rings (SSSR count). The normalized spacial score (nSPS) is 8.15. The second kappa shape index (κ2) is 7.13. The minimum atomic E-state index is 0. The first-order valence-corrected chi connectivity index (χ1v) is 4.64. The molecule has 0 spiro atoms. The first-order valence-electron chi connectivity index (χ1n) is 3.82. The summed E-state index contributed by atoms with van der Waals surface area (Å²) >= 11 is 1.57. The van der Waals surface area contributed by atoms with Crippen molar-refractivity contribution >= 4 is 11.8 Å². The van der Waals surface area contributed by atoms with Crippen molar-refractivity contribution in [3.8, 4) is 0 Å². The monoisotopic (exact) mass is 182 g/mol. The van der Waals surface area contributed by atoms with Crippen molar-refractivity contribution in [1.29, 1.82) is 0 Å². The summed E-state index contributed by atoms with van der Waals surface area (Å²) < 4.78 is 0. The summed E-state index contributed by atoms with van der Waals surface area (Å²) in [4.78, 5) is 1.20. The maximum absolute atomic E-state index is 3.03. The molecule has 62 valence electrons. The predicted molar refractivity (Wildman–Crippen MR) is 53.9 cm³/mol. The molecule has 0 saturated carbocycles. The molecule has 0 heterocycles. The topological polar surface area (TPSA) is 0 Å². The van der Waals surface area contributed by atoms with Gasteiger partial charge in [-0.3, -0.25) is 0 Å². The predicted octanol–water partition coefficient (Wildman–Crippen LogP) is 0.665. The first kappa shape index (κ1) is 12.7. The molecule has 0 aliphatic carbocycles. The molecule has 0 radical (unpaired) electrons. The van der Waals surface area contributed by atoms with Gasteiger partial charge < -0.3 is 5.73 Å². The van der Waals surface area contributed by atoms with Crippen LogP contribution in [0.3, 0.4) is 0 Å². The van der Waals surface area contributed by atoms with Crippen molar-refractivity contribution in [1.82, 2.24) is 0 Å². The number of hydrogen-bond acceptors (Lipinski definition) is 1. The van der Waals surface area contributed by atoms with Gasteiger partial charge in [-0.1, -0.05) is 18.2 Å². The Labute approximate surface area is 96.3 Å². The van der Waals surface area contributed by atoms with E-state index in [4.69, 9.17) is 0 Å². The molecular weight excluding hydrogens is 171 g/mol. The first-order chi connectivity index (χ1) is 5.79. The molecule has 1 aromatic carbocycles. The van der Waals surface area contributed by atoms with Crippen molar-refractivity contribution in [2.75, 3.05) is 0 Å². The molecule has 0 N–H and O–H groups in total. The Kier molecular flexibility index (Phi) is 6.95. The number of thioether (sulfide) groups is 1. The van der Waals surface area contributed by atoms with Crippen LogP contribution in [0.4, 0.5) is 0 Å². The third-order valence-corrected chi connectivity index (χ3v) is 1.93. The summed E-state index contributed by atoms with van der Waals surface area (Å²) in [5.41, 5.74) is 4.17. The zero-order valence-corrected chi connectivity index (χ0v) is 9.11. The molecular formula is C11H11LiS. The third-order valence-electron chi connectivity index (χ3n) is 1.21. The van der Waals surface area contributed by atoms with E-state index in [0.717, 1.165) is 5.57 Å². The quantitative estimate of drug-likeness (QED) is 0.280. The van der Waals surface area contributed by atoms with Crippen LogP contribution >= 0.6 is 11.8 Å². The van der Waals surface area contributed by atoms with E-state index < -0.39 is 0 Å². The van der Waals surface area contributed by atoms with Crippen LogP contribution < -0.4 is 18.9 Å². The van der Waals surface area contributed by atoms with Crippen LogP contribution in [0.2, 0.25) is 0 Å². The number of allylic oxidation sites excluding steroid dienone is 1. The third kappa shape index (κ3) is 5.85. The van der Waals surface area contributed by atoms with Crippen molar-refractivity contribution in [3.05, 3.63) is 47.0 Å². The minimum absolute atomic E-state index is 0. The Morgan fingerprint density at radius 3 is 2.38 bits per heavy atom. The summed E-state index contributed by atoms with van der Waals surface area (Å²) in [6.07, 6.45) is 0. The number of rotatable bonds is 2. The van der Waals surface area contributed by atoms with Crippen molar-refractivity contribution in [2.24, 2.45) is 0 Å². The summed E-state index contributed by atoms with van der Waals surface area (Å²) in [6.45, 7) is 4.02. The molecule has 0 bridgehead atoms. The van der Waals surface area contributed by atoms with Gasteiger partial charge in [0.15, 0.2) is 0 Å². The van der Waals surface area contributed by atoms with Crippen LogP contribution in [0.15, 0.2) is 46.5 Å². The zero-order chi connectivity index (χ0) is 8.81. The largest absolute Gasteiger partial charge is 1.00 e. The molecule has 0 amide bonds. The molecule has 0 atom stereocenters. The van der Waals surface area contributed by atoms with Crippen molar-refractivity contribution in [2.45, 2.75) is 18.7 Å². The molecule has 0 aliphatic heterocycles. The standard InChI is InChI=1S/C11H11S.Li/c1-10(2)8-9-12-11-6-4-3-5-7-11;/h3-7H,1-2H3;/q-1;+1. The van der Waals surface area contributed by atoms with Crippen LogP contribution in [-0.2, 0) is 0 Å².